The van der Waals surface area contributed by atoms with Crippen LogP contribution in [0.2, 0.25) is 0 Å². The number of aromatic nitrogens is 1. The van der Waals surface area contributed by atoms with Crippen LogP contribution in [0.3, 0.4) is 0 Å². The van der Waals surface area contributed by atoms with Crippen molar-refractivity contribution in [1.29, 1.82) is 0 Å². The Morgan fingerprint density at radius 1 is 1.13 bits per heavy atom. The first-order valence-corrected chi connectivity index (χ1v) is 8.03. The second-order valence-electron chi connectivity index (χ2n) is 5.94. The molecule has 3 rings (SSSR count). The van der Waals surface area contributed by atoms with E-state index in [1.54, 1.807) is 0 Å². The molecule has 0 spiro atoms. The van der Waals surface area contributed by atoms with Gasteiger partial charge in [0.1, 0.15) is 5.82 Å². The van der Waals surface area contributed by atoms with Gasteiger partial charge >= 0.3 is 0 Å². The summed E-state index contributed by atoms with van der Waals surface area (Å²) >= 11 is 0. The van der Waals surface area contributed by atoms with Crippen LogP contribution in [0, 0.1) is 0 Å². The highest BCUT2D eigenvalue weighted by molar-refractivity contribution is 5.81. The zero-order valence-corrected chi connectivity index (χ0v) is 13.8. The van der Waals surface area contributed by atoms with E-state index in [2.05, 4.69) is 39.3 Å². The van der Waals surface area contributed by atoms with E-state index in [0.29, 0.717) is 0 Å². The molecule has 23 heavy (non-hydrogen) atoms. The van der Waals surface area contributed by atoms with Crippen LogP contribution in [0.5, 0.6) is 0 Å². The third-order valence-corrected chi connectivity index (χ3v) is 4.46. The second-order valence-corrected chi connectivity index (χ2v) is 5.94. The summed E-state index contributed by atoms with van der Waals surface area (Å²) in [4.78, 5) is 9.28. The van der Waals surface area contributed by atoms with Gasteiger partial charge in [-0.15, -0.1) is 0 Å². The third kappa shape index (κ3) is 3.30. The van der Waals surface area contributed by atoms with E-state index in [4.69, 9.17) is 0 Å². The van der Waals surface area contributed by atoms with E-state index in [1.807, 2.05) is 31.4 Å². The SMILES string of the molecule is CNc1cnc(N2CCN(C)CC2)cc1-c1ccccc1CO. The first kappa shape index (κ1) is 15.8. The quantitative estimate of drug-likeness (QED) is 0.905. The lowest BCUT2D eigenvalue weighted by atomic mass is 9.99. The maximum absolute atomic E-state index is 9.64. The fourth-order valence-corrected chi connectivity index (χ4v) is 3.00. The number of hydrogen-bond acceptors (Lipinski definition) is 5. The minimum absolute atomic E-state index is 0.0332. The first-order chi connectivity index (χ1) is 11.2. The number of pyridine rings is 1. The minimum atomic E-state index is 0.0332. The molecule has 2 aromatic rings. The van der Waals surface area contributed by atoms with E-state index in [9.17, 15) is 5.11 Å². The number of aliphatic hydroxyl groups is 1. The van der Waals surface area contributed by atoms with Gasteiger partial charge in [0, 0.05) is 38.8 Å². The number of nitrogens with one attached hydrogen (secondary N) is 1. The molecule has 0 amide bonds. The van der Waals surface area contributed by atoms with Gasteiger partial charge in [-0.2, -0.15) is 0 Å². The molecular weight excluding hydrogens is 288 g/mol. The van der Waals surface area contributed by atoms with Gasteiger partial charge < -0.3 is 20.2 Å². The number of anilines is 2. The number of nitrogens with zero attached hydrogens (tertiary/aromatic N) is 3. The van der Waals surface area contributed by atoms with Crippen molar-refractivity contribution in [3.8, 4) is 11.1 Å². The molecule has 1 aliphatic rings. The standard InChI is InChI=1S/C18H24N4O/c1-19-17-12-20-18(22-9-7-21(2)8-10-22)11-16(17)15-6-4-3-5-14(15)13-23/h3-6,11-12,19,23H,7-10,13H2,1-2H3. The second kappa shape index (κ2) is 6.98. The fraction of sp³-hybridized carbons (Fsp3) is 0.389. The maximum Gasteiger partial charge on any atom is 0.129 e. The summed E-state index contributed by atoms with van der Waals surface area (Å²) in [7, 11) is 4.05. The van der Waals surface area contributed by atoms with Gasteiger partial charge in [0.2, 0.25) is 0 Å². The lowest BCUT2D eigenvalue weighted by Crippen LogP contribution is -2.44. The van der Waals surface area contributed by atoms with Crippen LogP contribution < -0.4 is 10.2 Å². The molecule has 2 N–H and O–H groups in total. The molecule has 0 saturated carbocycles. The van der Waals surface area contributed by atoms with Crippen molar-refractivity contribution in [2.45, 2.75) is 6.61 Å². The molecule has 0 radical (unpaired) electrons. The van der Waals surface area contributed by atoms with Crippen molar-refractivity contribution in [2.75, 3.05) is 50.5 Å². The summed E-state index contributed by atoms with van der Waals surface area (Å²) in [5.41, 5.74) is 4.04. The van der Waals surface area contributed by atoms with Crippen LogP contribution >= 0.6 is 0 Å². The van der Waals surface area contributed by atoms with E-state index in [0.717, 1.165) is 54.4 Å². The molecule has 5 heteroatoms. The van der Waals surface area contributed by atoms with E-state index in [-0.39, 0.29) is 6.61 Å². The van der Waals surface area contributed by atoms with Gasteiger partial charge in [0.15, 0.2) is 0 Å². The van der Waals surface area contributed by atoms with Crippen LogP contribution in [-0.2, 0) is 6.61 Å². The summed E-state index contributed by atoms with van der Waals surface area (Å²) in [6.07, 6.45) is 1.89. The van der Waals surface area contributed by atoms with Crippen molar-refractivity contribution in [1.82, 2.24) is 9.88 Å². The number of piperazine rings is 1. The van der Waals surface area contributed by atoms with Gasteiger partial charge in [-0.1, -0.05) is 24.3 Å². The monoisotopic (exact) mass is 312 g/mol. The Bertz CT molecular complexity index is 666. The van der Waals surface area contributed by atoms with E-state index >= 15 is 0 Å². The average molecular weight is 312 g/mol. The molecule has 0 unspecified atom stereocenters. The molecule has 1 saturated heterocycles. The number of rotatable bonds is 4. The summed E-state index contributed by atoms with van der Waals surface area (Å²) in [6, 6.07) is 10.1. The third-order valence-electron chi connectivity index (χ3n) is 4.46. The van der Waals surface area contributed by atoms with Gasteiger partial charge in [-0.05, 0) is 24.2 Å². The number of aliphatic hydroxyl groups excluding tert-OH is 1. The lowest BCUT2D eigenvalue weighted by Gasteiger charge is -2.33. The van der Waals surface area contributed by atoms with Gasteiger partial charge in [-0.3, -0.25) is 0 Å². The highest BCUT2D eigenvalue weighted by Gasteiger charge is 2.17. The average Bonchev–Trinajstić information content (AvgIpc) is 2.62. The van der Waals surface area contributed by atoms with E-state index in [1.165, 1.54) is 0 Å². The van der Waals surface area contributed by atoms with Crippen LogP contribution in [0.15, 0.2) is 36.5 Å². The summed E-state index contributed by atoms with van der Waals surface area (Å²) in [5.74, 6) is 1.000. The summed E-state index contributed by atoms with van der Waals surface area (Å²) in [6.45, 7) is 4.12. The summed E-state index contributed by atoms with van der Waals surface area (Å²) < 4.78 is 0. The normalized spacial score (nSPS) is 15.7. The van der Waals surface area contributed by atoms with Crippen molar-refractivity contribution in [2.24, 2.45) is 0 Å². The maximum atomic E-state index is 9.64. The largest absolute Gasteiger partial charge is 0.392 e. The molecule has 1 aliphatic heterocycles. The van der Waals surface area contributed by atoms with Crippen LogP contribution in [-0.4, -0.2) is 55.3 Å². The Kier molecular flexibility index (Phi) is 4.79. The summed E-state index contributed by atoms with van der Waals surface area (Å²) in [5, 5.41) is 12.9. The van der Waals surface area contributed by atoms with Crippen LogP contribution in [0.1, 0.15) is 5.56 Å². The molecular formula is C18H24N4O. The Hall–Kier alpha value is -2.11. The number of likely N-dealkylation sites (N-methyl/N-ethyl adjacent to an activating group) is 1. The Labute approximate surface area is 137 Å². The van der Waals surface area contributed by atoms with Crippen LogP contribution in [0.4, 0.5) is 11.5 Å². The predicted molar refractivity (Wildman–Crippen MR) is 94.9 cm³/mol. The topological polar surface area (TPSA) is 51.6 Å². The smallest absolute Gasteiger partial charge is 0.129 e. The number of benzene rings is 1. The highest BCUT2D eigenvalue weighted by atomic mass is 16.3. The van der Waals surface area contributed by atoms with Crippen molar-refractivity contribution < 1.29 is 5.11 Å². The van der Waals surface area contributed by atoms with Crippen LogP contribution in [0.25, 0.3) is 11.1 Å². The van der Waals surface area contributed by atoms with Crippen molar-refractivity contribution in [3.63, 3.8) is 0 Å². The molecule has 0 aliphatic carbocycles. The Balaban J connectivity index is 2.00. The van der Waals surface area contributed by atoms with E-state index < -0.39 is 0 Å². The molecule has 122 valence electrons. The molecule has 2 heterocycles. The minimum Gasteiger partial charge on any atom is -0.392 e. The highest BCUT2D eigenvalue weighted by Crippen LogP contribution is 2.33. The number of hydrogen-bond donors (Lipinski definition) is 2. The molecule has 0 atom stereocenters. The Morgan fingerprint density at radius 2 is 1.87 bits per heavy atom. The van der Waals surface area contributed by atoms with Crippen molar-refractivity contribution >= 4 is 11.5 Å². The van der Waals surface area contributed by atoms with Gasteiger partial charge in [-0.25, -0.2) is 4.98 Å². The molecule has 1 fully saturated rings. The molecule has 1 aromatic carbocycles. The molecule has 1 aromatic heterocycles. The fourth-order valence-electron chi connectivity index (χ4n) is 3.00. The first-order valence-electron chi connectivity index (χ1n) is 8.03. The van der Waals surface area contributed by atoms with Gasteiger partial charge in [0.25, 0.3) is 0 Å². The molecule has 5 nitrogen and oxygen atoms in total. The lowest BCUT2D eigenvalue weighted by molar-refractivity contribution is 0.282. The molecule has 0 bridgehead atoms. The van der Waals surface area contributed by atoms with Crippen molar-refractivity contribution in [3.05, 3.63) is 42.1 Å². The zero-order valence-electron chi connectivity index (χ0n) is 13.8. The Morgan fingerprint density at radius 3 is 2.57 bits per heavy atom. The predicted octanol–water partition coefficient (Wildman–Crippen LogP) is 2.03. The van der Waals surface area contributed by atoms with Gasteiger partial charge in [0.05, 0.1) is 18.5 Å². The zero-order chi connectivity index (χ0) is 16.2.